The first-order valence-electron chi connectivity index (χ1n) is 3.00. The molecule has 8 heavy (non-hydrogen) atoms. The molecule has 4 atom stereocenters. The molecular weight excluding hydrogens is 104 g/mol. The first kappa shape index (κ1) is 6.05. The Kier molecular flexibility index (Phi) is 1.29. The maximum Gasteiger partial charge on any atom is 0.0830 e. The standard InChI is InChI=1S/C6H12O2/c1-3-4(2)6(8)5(3)7/h3-8H,1-2H3. The Labute approximate surface area is 49.1 Å². The molecule has 0 amide bonds. The van der Waals surface area contributed by atoms with Crippen LogP contribution in [0.5, 0.6) is 0 Å². The van der Waals surface area contributed by atoms with E-state index in [1.54, 1.807) is 0 Å². The van der Waals surface area contributed by atoms with E-state index in [0.29, 0.717) is 0 Å². The number of hydrogen-bond acceptors (Lipinski definition) is 2. The lowest BCUT2D eigenvalue weighted by molar-refractivity contribution is -0.140. The highest BCUT2D eigenvalue weighted by Crippen LogP contribution is 2.33. The summed E-state index contributed by atoms with van der Waals surface area (Å²) in [6.07, 6.45) is -0.935. The molecule has 0 aromatic rings. The molecule has 2 N–H and O–H groups in total. The van der Waals surface area contributed by atoms with Gasteiger partial charge in [0.1, 0.15) is 0 Å². The highest BCUT2D eigenvalue weighted by atomic mass is 16.3. The summed E-state index contributed by atoms with van der Waals surface area (Å²) >= 11 is 0. The van der Waals surface area contributed by atoms with Crippen LogP contribution in [0, 0.1) is 11.8 Å². The predicted octanol–water partition coefficient (Wildman–Crippen LogP) is -0.00600. The third kappa shape index (κ3) is 0.565. The third-order valence-corrected chi connectivity index (χ3v) is 2.26. The normalized spacial score (nSPS) is 55.5. The maximum absolute atomic E-state index is 8.91. The summed E-state index contributed by atoms with van der Waals surface area (Å²) in [6, 6.07) is 0. The molecule has 1 saturated carbocycles. The van der Waals surface area contributed by atoms with Crippen molar-refractivity contribution in [2.24, 2.45) is 11.8 Å². The number of hydrogen-bond donors (Lipinski definition) is 2. The Bertz CT molecular complexity index is 60.5. The number of aliphatic hydroxyl groups is 2. The molecule has 0 saturated heterocycles. The Balaban J connectivity index is 2.42. The second-order valence-corrected chi connectivity index (χ2v) is 2.70. The van der Waals surface area contributed by atoms with Crippen molar-refractivity contribution in [3.05, 3.63) is 0 Å². The van der Waals surface area contributed by atoms with Crippen molar-refractivity contribution in [1.82, 2.24) is 0 Å². The summed E-state index contributed by atoms with van der Waals surface area (Å²) in [5.74, 6) is 0.565. The van der Waals surface area contributed by atoms with E-state index in [1.807, 2.05) is 13.8 Å². The predicted molar refractivity (Wildman–Crippen MR) is 30.3 cm³/mol. The summed E-state index contributed by atoms with van der Waals surface area (Å²) in [4.78, 5) is 0. The van der Waals surface area contributed by atoms with Crippen LogP contribution in [0.15, 0.2) is 0 Å². The van der Waals surface area contributed by atoms with E-state index in [9.17, 15) is 0 Å². The van der Waals surface area contributed by atoms with E-state index in [2.05, 4.69) is 0 Å². The highest BCUT2D eigenvalue weighted by molar-refractivity contribution is 4.92. The molecule has 2 heteroatoms. The monoisotopic (exact) mass is 116 g/mol. The highest BCUT2D eigenvalue weighted by Gasteiger charge is 2.42. The van der Waals surface area contributed by atoms with Crippen LogP contribution < -0.4 is 0 Å². The van der Waals surface area contributed by atoms with Gasteiger partial charge in [0.25, 0.3) is 0 Å². The molecule has 4 unspecified atom stereocenters. The van der Waals surface area contributed by atoms with Crippen LogP contribution in [-0.4, -0.2) is 22.4 Å². The van der Waals surface area contributed by atoms with Gasteiger partial charge in [-0.05, 0) is 11.8 Å². The van der Waals surface area contributed by atoms with E-state index < -0.39 is 12.2 Å². The number of rotatable bonds is 0. The molecule has 0 spiro atoms. The van der Waals surface area contributed by atoms with Gasteiger partial charge in [0.15, 0.2) is 0 Å². The Morgan fingerprint density at radius 3 is 1.25 bits per heavy atom. The fraction of sp³-hybridized carbons (Fsp3) is 1.00. The molecule has 0 aliphatic heterocycles. The third-order valence-electron chi connectivity index (χ3n) is 2.26. The van der Waals surface area contributed by atoms with E-state index in [1.165, 1.54) is 0 Å². The summed E-state index contributed by atoms with van der Waals surface area (Å²) in [5.41, 5.74) is 0. The largest absolute Gasteiger partial charge is 0.390 e. The van der Waals surface area contributed by atoms with E-state index in [-0.39, 0.29) is 11.8 Å². The van der Waals surface area contributed by atoms with Crippen LogP contribution in [0.2, 0.25) is 0 Å². The van der Waals surface area contributed by atoms with E-state index in [0.717, 1.165) is 0 Å². The molecular formula is C6H12O2. The average Bonchev–Trinajstić information content (AvgIpc) is 1.83. The molecule has 0 radical (unpaired) electrons. The minimum atomic E-state index is -0.468. The Morgan fingerprint density at radius 2 is 1.12 bits per heavy atom. The van der Waals surface area contributed by atoms with Crippen molar-refractivity contribution in [3.8, 4) is 0 Å². The van der Waals surface area contributed by atoms with Crippen LogP contribution in [0.3, 0.4) is 0 Å². The smallest absolute Gasteiger partial charge is 0.0830 e. The topological polar surface area (TPSA) is 40.5 Å². The van der Waals surface area contributed by atoms with Crippen molar-refractivity contribution in [2.45, 2.75) is 26.1 Å². The lowest BCUT2D eigenvalue weighted by Crippen LogP contribution is -2.52. The molecule has 48 valence electrons. The quantitative estimate of drug-likeness (QED) is 0.467. The van der Waals surface area contributed by atoms with Gasteiger partial charge in [-0.15, -0.1) is 0 Å². The van der Waals surface area contributed by atoms with Crippen molar-refractivity contribution in [3.63, 3.8) is 0 Å². The zero-order valence-corrected chi connectivity index (χ0v) is 5.20. The van der Waals surface area contributed by atoms with Crippen molar-refractivity contribution in [1.29, 1.82) is 0 Å². The van der Waals surface area contributed by atoms with Crippen LogP contribution in [-0.2, 0) is 0 Å². The average molecular weight is 116 g/mol. The molecule has 1 aliphatic carbocycles. The van der Waals surface area contributed by atoms with Gasteiger partial charge in [-0.25, -0.2) is 0 Å². The van der Waals surface area contributed by atoms with Gasteiger partial charge < -0.3 is 10.2 Å². The van der Waals surface area contributed by atoms with E-state index in [4.69, 9.17) is 10.2 Å². The zero-order chi connectivity index (χ0) is 6.31. The fourth-order valence-electron chi connectivity index (χ4n) is 1.10. The first-order chi connectivity index (χ1) is 3.64. The van der Waals surface area contributed by atoms with Gasteiger partial charge in [-0.3, -0.25) is 0 Å². The molecule has 0 aromatic heterocycles. The lowest BCUT2D eigenvalue weighted by Gasteiger charge is -2.42. The van der Waals surface area contributed by atoms with Crippen LogP contribution in [0.25, 0.3) is 0 Å². The molecule has 1 fully saturated rings. The van der Waals surface area contributed by atoms with Gasteiger partial charge in [0, 0.05) is 0 Å². The summed E-state index contributed by atoms with van der Waals surface area (Å²) < 4.78 is 0. The Morgan fingerprint density at radius 1 is 0.875 bits per heavy atom. The van der Waals surface area contributed by atoms with Gasteiger partial charge in [-0.1, -0.05) is 13.8 Å². The molecule has 1 aliphatic rings. The summed E-state index contributed by atoms with van der Waals surface area (Å²) in [6.45, 7) is 3.89. The van der Waals surface area contributed by atoms with Crippen LogP contribution in [0.4, 0.5) is 0 Å². The lowest BCUT2D eigenvalue weighted by atomic mass is 9.71. The van der Waals surface area contributed by atoms with Gasteiger partial charge >= 0.3 is 0 Å². The Hall–Kier alpha value is -0.0800. The zero-order valence-electron chi connectivity index (χ0n) is 5.20. The van der Waals surface area contributed by atoms with Crippen LogP contribution in [0.1, 0.15) is 13.8 Å². The van der Waals surface area contributed by atoms with Crippen molar-refractivity contribution in [2.75, 3.05) is 0 Å². The fourth-order valence-corrected chi connectivity index (χ4v) is 1.10. The molecule has 0 aromatic carbocycles. The van der Waals surface area contributed by atoms with Gasteiger partial charge in [0.2, 0.25) is 0 Å². The van der Waals surface area contributed by atoms with Gasteiger partial charge in [0.05, 0.1) is 12.2 Å². The molecule has 2 nitrogen and oxygen atoms in total. The summed E-state index contributed by atoms with van der Waals surface area (Å²) in [5, 5.41) is 17.8. The minimum absolute atomic E-state index is 0.282. The molecule has 1 rings (SSSR count). The van der Waals surface area contributed by atoms with Crippen molar-refractivity contribution < 1.29 is 10.2 Å². The summed E-state index contributed by atoms with van der Waals surface area (Å²) in [7, 11) is 0. The SMILES string of the molecule is CC1C(C)C(O)C1O. The van der Waals surface area contributed by atoms with Crippen LogP contribution >= 0.6 is 0 Å². The number of aliphatic hydroxyl groups excluding tert-OH is 2. The van der Waals surface area contributed by atoms with Gasteiger partial charge in [-0.2, -0.15) is 0 Å². The second kappa shape index (κ2) is 1.71. The minimum Gasteiger partial charge on any atom is -0.390 e. The first-order valence-corrected chi connectivity index (χ1v) is 3.00. The second-order valence-electron chi connectivity index (χ2n) is 2.70. The maximum atomic E-state index is 8.91. The van der Waals surface area contributed by atoms with Crippen molar-refractivity contribution >= 4 is 0 Å². The van der Waals surface area contributed by atoms with E-state index >= 15 is 0 Å². The molecule has 0 bridgehead atoms. The molecule has 0 heterocycles.